The lowest BCUT2D eigenvalue weighted by molar-refractivity contribution is -0.434. The number of nitro groups is 1. The number of esters is 1. The van der Waals surface area contributed by atoms with Crippen LogP contribution in [0, 0.1) is 22.0 Å². The zero-order valence-corrected chi connectivity index (χ0v) is 15.1. The predicted octanol–water partition coefficient (Wildman–Crippen LogP) is 2.23. The molecule has 1 aromatic rings. The molecule has 0 aromatic heterocycles. The van der Waals surface area contributed by atoms with Gasteiger partial charge in [-0.15, -0.1) is 0 Å². The Bertz CT molecular complexity index is 756. The van der Waals surface area contributed by atoms with E-state index in [1.165, 1.54) is 7.05 Å². The van der Waals surface area contributed by atoms with Gasteiger partial charge in [0.1, 0.15) is 17.6 Å². The van der Waals surface area contributed by atoms with Crippen LogP contribution in [-0.4, -0.2) is 30.3 Å². The van der Waals surface area contributed by atoms with Crippen molar-refractivity contribution in [3.05, 3.63) is 51.5 Å². The molecule has 0 saturated heterocycles. The maximum atomic E-state index is 12.8. The predicted molar refractivity (Wildman–Crippen MR) is 92.9 cm³/mol. The summed E-state index contributed by atoms with van der Waals surface area (Å²) >= 11 is 0. The number of ether oxygens (including phenoxy) is 2. The fraction of sp³-hybridized carbons (Fsp3) is 0.444. The van der Waals surface area contributed by atoms with E-state index in [4.69, 9.17) is 9.47 Å². The van der Waals surface area contributed by atoms with E-state index >= 15 is 0 Å². The summed E-state index contributed by atoms with van der Waals surface area (Å²) < 4.78 is 10.7. The van der Waals surface area contributed by atoms with Gasteiger partial charge in [0, 0.05) is 18.5 Å². The number of para-hydroxylation sites is 1. The van der Waals surface area contributed by atoms with Crippen LogP contribution in [-0.2, 0) is 14.3 Å². The highest BCUT2D eigenvalue weighted by atomic mass is 16.6. The Labute approximate surface area is 151 Å². The number of hydrogen-bond donors (Lipinski definition) is 1. The van der Waals surface area contributed by atoms with Crippen LogP contribution in [0.1, 0.15) is 32.3 Å². The Morgan fingerprint density at radius 1 is 1.35 bits per heavy atom. The first-order valence-corrected chi connectivity index (χ1v) is 8.36. The molecule has 8 heteroatoms. The monoisotopic (exact) mass is 362 g/mol. The van der Waals surface area contributed by atoms with E-state index in [9.17, 15) is 19.7 Å². The molecule has 26 heavy (non-hydrogen) atoms. The zero-order chi connectivity index (χ0) is 19.4. The first-order valence-electron chi connectivity index (χ1n) is 8.36. The molecule has 0 fully saturated rings. The van der Waals surface area contributed by atoms with E-state index in [1.54, 1.807) is 45.0 Å². The lowest BCUT2D eigenvalue weighted by Crippen LogP contribution is -2.39. The van der Waals surface area contributed by atoms with Gasteiger partial charge in [-0.25, -0.2) is 0 Å². The third-order valence-electron chi connectivity index (χ3n) is 4.17. The number of allylic oxidation sites excluding steroid dienone is 1. The smallest absolute Gasteiger partial charge is 0.317 e. The van der Waals surface area contributed by atoms with Crippen LogP contribution in [0.2, 0.25) is 0 Å². The van der Waals surface area contributed by atoms with Gasteiger partial charge in [-0.3, -0.25) is 19.7 Å². The standard InChI is InChI=1S/C18H22N2O6/c1-5-25-18(22)14(16(21)10(2)3)13-11-8-6-7-9-12(11)26-17(19-4)15(13)20(23)24/h6-10,13-14,19H,5H2,1-4H3. The van der Waals surface area contributed by atoms with Crippen LogP contribution in [0.4, 0.5) is 0 Å². The summed E-state index contributed by atoms with van der Waals surface area (Å²) in [5, 5.41) is 14.4. The van der Waals surface area contributed by atoms with Crippen molar-refractivity contribution in [3.63, 3.8) is 0 Å². The van der Waals surface area contributed by atoms with Gasteiger partial charge in [0.15, 0.2) is 5.78 Å². The highest BCUT2D eigenvalue weighted by molar-refractivity contribution is 6.01. The molecule has 0 radical (unpaired) electrons. The second kappa shape index (κ2) is 7.99. The molecule has 1 aromatic carbocycles. The summed E-state index contributed by atoms with van der Waals surface area (Å²) in [6, 6.07) is 6.65. The summed E-state index contributed by atoms with van der Waals surface area (Å²) in [6.45, 7) is 4.99. The number of nitrogens with one attached hydrogen (secondary N) is 1. The van der Waals surface area contributed by atoms with Gasteiger partial charge in [-0.1, -0.05) is 32.0 Å². The number of carbonyl (C=O) groups excluding carboxylic acids is 2. The molecule has 0 saturated carbocycles. The number of nitrogens with zero attached hydrogens (tertiary/aromatic N) is 1. The summed E-state index contributed by atoms with van der Waals surface area (Å²) in [4.78, 5) is 36.6. The SMILES string of the molecule is CCOC(=O)C(C(=O)C(C)C)C1C([N+](=O)[O-])=C(NC)Oc2ccccc21. The van der Waals surface area contributed by atoms with Crippen molar-refractivity contribution in [1.29, 1.82) is 0 Å². The summed E-state index contributed by atoms with van der Waals surface area (Å²) in [6.07, 6.45) is 0. The van der Waals surface area contributed by atoms with E-state index < -0.39 is 34.4 Å². The van der Waals surface area contributed by atoms with E-state index in [0.29, 0.717) is 11.3 Å². The molecule has 0 spiro atoms. The molecule has 0 bridgehead atoms. The molecule has 2 rings (SSSR count). The number of carbonyl (C=O) groups is 2. The third-order valence-corrected chi connectivity index (χ3v) is 4.17. The van der Waals surface area contributed by atoms with E-state index in [-0.39, 0.29) is 18.2 Å². The quantitative estimate of drug-likeness (QED) is 0.343. The number of hydrogen-bond acceptors (Lipinski definition) is 7. The first-order chi connectivity index (χ1) is 12.3. The third kappa shape index (κ3) is 3.54. The Morgan fingerprint density at radius 3 is 2.54 bits per heavy atom. The number of ketones is 1. The van der Waals surface area contributed by atoms with Crippen LogP contribution >= 0.6 is 0 Å². The molecule has 0 amide bonds. The van der Waals surface area contributed by atoms with Crippen molar-refractivity contribution in [1.82, 2.24) is 5.32 Å². The lowest BCUT2D eigenvalue weighted by atomic mass is 9.77. The molecule has 2 unspecified atom stereocenters. The van der Waals surface area contributed by atoms with Gasteiger partial charge < -0.3 is 14.8 Å². The molecule has 140 valence electrons. The number of Topliss-reactive ketones (excluding diaryl/α,β-unsaturated/α-hetero) is 1. The fourth-order valence-electron chi connectivity index (χ4n) is 3.00. The Hall–Kier alpha value is -2.90. The van der Waals surface area contributed by atoms with Crippen molar-refractivity contribution >= 4 is 11.8 Å². The van der Waals surface area contributed by atoms with Gasteiger partial charge >= 0.3 is 11.7 Å². The number of rotatable bonds is 7. The van der Waals surface area contributed by atoms with Crippen LogP contribution in [0.25, 0.3) is 0 Å². The van der Waals surface area contributed by atoms with E-state index in [1.807, 2.05) is 0 Å². The highest BCUT2D eigenvalue weighted by Gasteiger charge is 2.49. The maximum absolute atomic E-state index is 12.8. The molecule has 1 N–H and O–H groups in total. The van der Waals surface area contributed by atoms with Crippen molar-refractivity contribution < 1.29 is 24.0 Å². The molecule has 8 nitrogen and oxygen atoms in total. The first kappa shape index (κ1) is 19.4. The van der Waals surface area contributed by atoms with Crippen molar-refractivity contribution in [2.24, 2.45) is 11.8 Å². The van der Waals surface area contributed by atoms with Gasteiger partial charge in [-0.2, -0.15) is 0 Å². The molecule has 1 heterocycles. The average Bonchev–Trinajstić information content (AvgIpc) is 2.60. The summed E-state index contributed by atoms with van der Waals surface area (Å²) in [7, 11) is 1.48. The number of benzene rings is 1. The molecule has 1 aliphatic rings. The Balaban J connectivity index is 2.72. The Morgan fingerprint density at radius 2 is 2.00 bits per heavy atom. The largest absolute Gasteiger partial charge is 0.465 e. The van der Waals surface area contributed by atoms with Crippen LogP contribution in [0.15, 0.2) is 35.8 Å². The molecule has 0 aliphatic carbocycles. The normalized spacial score (nSPS) is 17.2. The van der Waals surface area contributed by atoms with E-state index in [0.717, 1.165) is 0 Å². The minimum absolute atomic E-state index is 0.0714. The van der Waals surface area contributed by atoms with Gasteiger partial charge in [0.25, 0.3) is 5.88 Å². The van der Waals surface area contributed by atoms with Crippen molar-refractivity contribution in [3.8, 4) is 5.75 Å². The van der Waals surface area contributed by atoms with Crippen molar-refractivity contribution in [2.45, 2.75) is 26.7 Å². The maximum Gasteiger partial charge on any atom is 0.317 e. The Kier molecular flexibility index (Phi) is 5.97. The second-order valence-corrected chi connectivity index (χ2v) is 6.13. The van der Waals surface area contributed by atoms with Crippen LogP contribution < -0.4 is 10.1 Å². The minimum atomic E-state index is -1.33. The average molecular weight is 362 g/mol. The van der Waals surface area contributed by atoms with E-state index in [2.05, 4.69) is 5.32 Å². The molecular formula is C18H22N2O6. The van der Waals surface area contributed by atoms with Crippen LogP contribution in [0.5, 0.6) is 5.75 Å². The summed E-state index contributed by atoms with van der Waals surface area (Å²) in [5.74, 6) is -3.86. The van der Waals surface area contributed by atoms with Gasteiger partial charge in [-0.05, 0) is 13.0 Å². The zero-order valence-electron chi connectivity index (χ0n) is 15.1. The van der Waals surface area contributed by atoms with Gasteiger partial charge in [0.2, 0.25) is 0 Å². The topological polar surface area (TPSA) is 108 Å². The lowest BCUT2D eigenvalue weighted by Gasteiger charge is -2.29. The van der Waals surface area contributed by atoms with Crippen molar-refractivity contribution in [2.75, 3.05) is 13.7 Å². The fourth-order valence-corrected chi connectivity index (χ4v) is 3.00. The second-order valence-electron chi connectivity index (χ2n) is 6.13. The minimum Gasteiger partial charge on any atom is -0.465 e. The molecular weight excluding hydrogens is 340 g/mol. The van der Waals surface area contributed by atoms with Crippen LogP contribution in [0.3, 0.4) is 0 Å². The molecule has 2 atom stereocenters. The highest BCUT2D eigenvalue weighted by Crippen LogP contribution is 2.44. The number of fused-ring (bicyclic) bond motifs is 1. The molecule has 1 aliphatic heterocycles. The summed E-state index contributed by atoms with van der Waals surface area (Å²) in [5.41, 5.74) is 0.0449. The van der Waals surface area contributed by atoms with Gasteiger partial charge in [0.05, 0.1) is 11.5 Å².